The van der Waals surface area contributed by atoms with Crippen molar-refractivity contribution in [2.45, 2.75) is 0 Å². The van der Waals surface area contributed by atoms with Crippen LogP contribution in [0, 0.1) is 0 Å². The number of methoxy groups -OCH3 is 2. The van der Waals surface area contributed by atoms with E-state index in [1.165, 1.54) is 6.08 Å². The number of esters is 1. The highest BCUT2D eigenvalue weighted by molar-refractivity contribution is 6.10. The Kier molecular flexibility index (Phi) is 7.04. The molecule has 1 heterocycles. The first-order valence-electron chi connectivity index (χ1n) is 11.9. The monoisotopic (exact) mass is 504 g/mol. The summed E-state index contributed by atoms with van der Waals surface area (Å²) in [5.41, 5.74) is 2.94. The number of hydrogen-bond donors (Lipinski definition) is 0. The Hall–Kier alpha value is -5.10. The topological polar surface area (TPSA) is 75.0 Å². The van der Waals surface area contributed by atoms with E-state index >= 15 is 0 Å². The predicted octanol–water partition coefficient (Wildman–Crippen LogP) is 7.23. The molecule has 0 bridgehead atoms. The summed E-state index contributed by atoms with van der Waals surface area (Å²) >= 11 is 0. The summed E-state index contributed by atoms with van der Waals surface area (Å²) in [7, 11) is 3.17. The third-order valence-corrected chi connectivity index (χ3v) is 6.03. The fourth-order valence-electron chi connectivity index (χ4n) is 4.03. The first-order valence-corrected chi connectivity index (χ1v) is 11.9. The van der Waals surface area contributed by atoms with E-state index in [-0.39, 0.29) is 5.78 Å². The average Bonchev–Trinajstić information content (AvgIpc) is 3.36. The number of ketones is 1. The molecule has 5 rings (SSSR count). The van der Waals surface area contributed by atoms with Crippen molar-refractivity contribution in [3.8, 4) is 28.6 Å². The standard InChI is InChI=1S/C32H24O6/c1-35-24-13-8-21(9-14-24)10-18-28(33)22-11-15-25(16-12-22)37-32(34)30-27-20-26(36-2)17-19-29(27)38-31(30)23-6-4-3-5-7-23/h3-20H,1-2H3. The van der Waals surface area contributed by atoms with E-state index in [9.17, 15) is 9.59 Å². The highest BCUT2D eigenvalue weighted by Gasteiger charge is 2.24. The summed E-state index contributed by atoms with van der Waals surface area (Å²) in [5, 5.41) is 0.587. The maximum Gasteiger partial charge on any atom is 0.348 e. The van der Waals surface area contributed by atoms with E-state index < -0.39 is 5.97 Å². The van der Waals surface area contributed by atoms with Crippen LogP contribution >= 0.6 is 0 Å². The molecule has 6 heteroatoms. The Morgan fingerprint density at radius 3 is 2.08 bits per heavy atom. The molecule has 0 unspecified atom stereocenters. The van der Waals surface area contributed by atoms with Gasteiger partial charge in [-0.15, -0.1) is 0 Å². The van der Waals surface area contributed by atoms with Gasteiger partial charge in [-0.1, -0.05) is 48.5 Å². The smallest absolute Gasteiger partial charge is 0.348 e. The van der Waals surface area contributed by atoms with Gasteiger partial charge in [-0.25, -0.2) is 4.79 Å². The van der Waals surface area contributed by atoms with Gasteiger partial charge in [-0.05, 0) is 66.2 Å². The number of ether oxygens (including phenoxy) is 3. The second kappa shape index (κ2) is 10.9. The van der Waals surface area contributed by atoms with Crippen molar-refractivity contribution in [3.63, 3.8) is 0 Å². The van der Waals surface area contributed by atoms with Crippen molar-refractivity contribution in [2.24, 2.45) is 0 Å². The minimum absolute atomic E-state index is 0.169. The molecule has 0 spiro atoms. The first-order chi connectivity index (χ1) is 18.6. The minimum atomic E-state index is -0.575. The number of allylic oxidation sites excluding steroid dienone is 1. The van der Waals surface area contributed by atoms with Crippen LogP contribution in [0.4, 0.5) is 0 Å². The number of furan rings is 1. The molecule has 0 aliphatic heterocycles. The van der Waals surface area contributed by atoms with Crippen LogP contribution in [-0.2, 0) is 0 Å². The number of rotatable bonds is 8. The maximum absolute atomic E-state index is 13.4. The summed E-state index contributed by atoms with van der Waals surface area (Å²) in [4.78, 5) is 26.0. The van der Waals surface area contributed by atoms with E-state index in [1.807, 2.05) is 54.6 Å². The summed E-state index contributed by atoms with van der Waals surface area (Å²) in [6.45, 7) is 0. The molecule has 0 fully saturated rings. The quantitative estimate of drug-likeness (QED) is 0.0960. The third-order valence-electron chi connectivity index (χ3n) is 6.03. The van der Waals surface area contributed by atoms with Crippen LogP contribution in [0.15, 0.2) is 108 Å². The Morgan fingerprint density at radius 2 is 1.39 bits per heavy atom. The molecule has 0 radical (unpaired) electrons. The lowest BCUT2D eigenvalue weighted by atomic mass is 10.1. The number of carbonyl (C=O) groups is 2. The number of hydrogen-bond acceptors (Lipinski definition) is 6. The third kappa shape index (κ3) is 5.20. The molecule has 188 valence electrons. The lowest BCUT2D eigenvalue weighted by Crippen LogP contribution is -2.09. The van der Waals surface area contributed by atoms with Gasteiger partial charge in [-0.2, -0.15) is 0 Å². The zero-order valence-electron chi connectivity index (χ0n) is 20.8. The molecule has 6 nitrogen and oxygen atoms in total. The summed E-state index contributed by atoms with van der Waals surface area (Å²) in [6.07, 6.45) is 3.24. The van der Waals surface area contributed by atoms with Crippen molar-refractivity contribution in [1.29, 1.82) is 0 Å². The second-order valence-corrected chi connectivity index (χ2v) is 8.42. The van der Waals surface area contributed by atoms with Crippen molar-refractivity contribution in [3.05, 3.63) is 120 Å². The Morgan fingerprint density at radius 1 is 0.737 bits per heavy atom. The lowest BCUT2D eigenvalue weighted by molar-refractivity contribution is 0.0737. The van der Waals surface area contributed by atoms with Crippen molar-refractivity contribution < 1.29 is 28.2 Å². The second-order valence-electron chi connectivity index (χ2n) is 8.42. The van der Waals surface area contributed by atoms with E-state index in [2.05, 4.69) is 0 Å². The SMILES string of the molecule is COc1ccc(C=CC(=O)c2ccc(OC(=O)c3c(-c4ccccc4)oc4ccc(OC)cc34)cc2)cc1. The van der Waals surface area contributed by atoms with Gasteiger partial charge >= 0.3 is 5.97 Å². The predicted molar refractivity (Wildman–Crippen MR) is 146 cm³/mol. The number of carbonyl (C=O) groups excluding carboxylic acids is 2. The summed E-state index contributed by atoms with van der Waals surface area (Å²) in [6, 6.07) is 28.5. The minimum Gasteiger partial charge on any atom is -0.497 e. The van der Waals surface area contributed by atoms with Gasteiger partial charge in [0.25, 0.3) is 0 Å². The molecular formula is C32H24O6. The maximum atomic E-state index is 13.4. The molecule has 5 aromatic rings. The number of fused-ring (bicyclic) bond motifs is 1. The highest BCUT2D eigenvalue weighted by atomic mass is 16.5. The van der Waals surface area contributed by atoms with Crippen LogP contribution in [0.1, 0.15) is 26.3 Å². The fraction of sp³-hybridized carbons (Fsp3) is 0.0625. The Balaban J connectivity index is 1.37. The van der Waals surface area contributed by atoms with Gasteiger partial charge in [0.1, 0.15) is 34.2 Å². The zero-order chi connectivity index (χ0) is 26.5. The molecule has 0 aliphatic rings. The van der Waals surface area contributed by atoms with E-state index in [1.54, 1.807) is 62.8 Å². The van der Waals surface area contributed by atoms with E-state index in [0.29, 0.717) is 39.4 Å². The van der Waals surface area contributed by atoms with Crippen LogP contribution in [0.5, 0.6) is 17.2 Å². The largest absolute Gasteiger partial charge is 0.497 e. The molecule has 0 saturated carbocycles. The lowest BCUT2D eigenvalue weighted by Gasteiger charge is -2.06. The van der Waals surface area contributed by atoms with Crippen LogP contribution in [0.2, 0.25) is 0 Å². The normalized spacial score (nSPS) is 11.0. The van der Waals surface area contributed by atoms with Crippen molar-refractivity contribution >= 4 is 28.8 Å². The van der Waals surface area contributed by atoms with Gasteiger partial charge in [0.2, 0.25) is 0 Å². The molecule has 1 aromatic heterocycles. The molecular weight excluding hydrogens is 480 g/mol. The highest BCUT2D eigenvalue weighted by Crippen LogP contribution is 2.36. The molecule has 0 atom stereocenters. The first kappa shape index (κ1) is 24.6. The Bertz CT molecular complexity index is 1610. The molecule has 0 amide bonds. The molecule has 38 heavy (non-hydrogen) atoms. The van der Waals surface area contributed by atoms with Crippen molar-refractivity contribution in [2.75, 3.05) is 14.2 Å². The van der Waals surface area contributed by atoms with Gasteiger partial charge < -0.3 is 18.6 Å². The van der Waals surface area contributed by atoms with Crippen LogP contribution in [0.3, 0.4) is 0 Å². The average molecular weight is 505 g/mol. The summed E-state index contributed by atoms with van der Waals surface area (Å²) in [5.74, 6) is 1.32. The van der Waals surface area contributed by atoms with Gasteiger partial charge in [0.05, 0.1) is 14.2 Å². The van der Waals surface area contributed by atoms with Crippen LogP contribution in [-0.4, -0.2) is 26.0 Å². The number of benzene rings is 4. The summed E-state index contributed by atoms with van der Waals surface area (Å²) < 4.78 is 22.3. The molecule has 0 N–H and O–H groups in total. The van der Waals surface area contributed by atoms with Gasteiger partial charge in [0, 0.05) is 16.5 Å². The van der Waals surface area contributed by atoms with Gasteiger partial charge in [0.15, 0.2) is 5.78 Å². The molecule has 0 aliphatic carbocycles. The van der Waals surface area contributed by atoms with Gasteiger partial charge in [-0.3, -0.25) is 4.79 Å². The van der Waals surface area contributed by atoms with E-state index in [0.717, 1.165) is 16.9 Å². The van der Waals surface area contributed by atoms with Crippen LogP contribution in [0.25, 0.3) is 28.4 Å². The molecule has 0 saturated heterocycles. The Labute approximate surface area is 219 Å². The fourth-order valence-corrected chi connectivity index (χ4v) is 4.03. The van der Waals surface area contributed by atoms with E-state index in [4.69, 9.17) is 18.6 Å². The molecule has 4 aromatic carbocycles. The van der Waals surface area contributed by atoms with Crippen LogP contribution < -0.4 is 14.2 Å². The van der Waals surface area contributed by atoms with Crippen molar-refractivity contribution in [1.82, 2.24) is 0 Å². The zero-order valence-corrected chi connectivity index (χ0v) is 20.8.